The van der Waals surface area contributed by atoms with E-state index in [0.29, 0.717) is 47.9 Å². The molecule has 30 heavy (non-hydrogen) atoms. The van der Waals surface area contributed by atoms with E-state index < -0.39 is 12.5 Å². The minimum atomic E-state index is -2.41. The molecule has 3 saturated carbocycles. The quantitative estimate of drug-likeness (QED) is 0.583. The number of piperidine rings is 1. The lowest BCUT2D eigenvalue weighted by atomic mass is 9.44. The normalized spacial score (nSPS) is 32.0. The zero-order valence-corrected chi connectivity index (χ0v) is 17.7. The van der Waals surface area contributed by atoms with E-state index in [1.165, 1.54) is 0 Å². The fourth-order valence-electron chi connectivity index (χ4n) is 4.78. The van der Waals surface area contributed by atoms with Gasteiger partial charge in [-0.05, 0) is 44.2 Å². The van der Waals surface area contributed by atoms with Crippen molar-refractivity contribution in [2.24, 2.45) is 5.92 Å². The Bertz CT molecular complexity index is 827. The summed E-state index contributed by atoms with van der Waals surface area (Å²) >= 11 is 11.8. The summed E-state index contributed by atoms with van der Waals surface area (Å²) in [5.41, 5.74) is -0.578. The molecule has 0 spiro atoms. The van der Waals surface area contributed by atoms with Gasteiger partial charge in [-0.25, -0.2) is 8.78 Å². The SMILES string of the molecule is O=C(COc1ccc(Cl)c(Cl)c1)NC12CC(NC(=O)C3CCC(C(F)F)NC3)(C1)C2. The standard InChI is InChI=1S/C20H23Cl2F2N3O3/c21-13-3-2-12(5-14(13)22)30-7-16(28)26-19-8-20(9-19,10-19)27-18(29)11-1-4-15(17(23)24)25-6-11/h2-3,5,11,15,17,25H,1,4,6-10H2,(H,26,28)(H,27,29). The number of carbonyl (C=O) groups is 2. The maximum Gasteiger partial charge on any atom is 0.258 e. The number of nitrogens with one attached hydrogen (secondary N) is 3. The summed E-state index contributed by atoms with van der Waals surface area (Å²) < 4.78 is 30.9. The number of hydrogen-bond acceptors (Lipinski definition) is 4. The van der Waals surface area contributed by atoms with Crippen molar-refractivity contribution in [1.29, 1.82) is 0 Å². The highest BCUT2D eigenvalue weighted by atomic mass is 35.5. The highest BCUT2D eigenvalue weighted by Crippen LogP contribution is 2.60. The monoisotopic (exact) mass is 461 g/mol. The third-order valence-corrected chi connectivity index (χ3v) is 6.95. The predicted molar refractivity (Wildman–Crippen MR) is 108 cm³/mol. The molecule has 0 aromatic heterocycles. The highest BCUT2D eigenvalue weighted by molar-refractivity contribution is 6.42. The van der Waals surface area contributed by atoms with Crippen LogP contribution in [0, 0.1) is 5.92 Å². The van der Waals surface area contributed by atoms with Gasteiger partial charge in [0.1, 0.15) is 5.75 Å². The first-order valence-corrected chi connectivity index (χ1v) is 10.7. The van der Waals surface area contributed by atoms with Crippen LogP contribution in [0.4, 0.5) is 8.78 Å². The van der Waals surface area contributed by atoms with E-state index in [9.17, 15) is 18.4 Å². The predicted octanol–water partition coefficient (Wildman–Crippen LogP) is 2.91. The van der Waals surface area contributed by atoms with Crippen LogP contribution >= 0.6 is 23.2 Å². The minimum absolute atomic E-state index is 0.0993. The lowest BCUT2D eigenvalue weighted by Gasteiger charge is -2.70. The largest absolute Gasteiger partial charge is 0.484 e. The molecule has 10 heteroatoms. The summed E-state index contributed by atoms with van der Waals surface area (Å²) in [4.78, 5) is 24.7. The van der Waals surface area contributed by atoms with Crippen molar-refractivity contribution in [2.45, 2.75) is 55.6 Å². The van der Waals surface area contributed by atoms with E-state index in [2.05, 4.69) is 16.0 Å². The molecule has 5 rings (SSSR count). The number of alkyl halides is 2. The molecule has 6 nitrogen and oxygen atoms in total. The molecule has 2 bridgehead atoms. The van der Waals surface area contributed by atoms with E-state index in [0.717, 1.165) is 0 Å². The fourth-order valence-corrected chi connectivity index (χ4v) is 5.07. The van der Waals surface area contributed by atoms with Crippen LogP contribution in [0.1, 0.15) is 32.1 Å². The van der Waals surface area contributed by atoms with Crippen molar-refractivity contribution in [3.63, 3.8) is 0 Å². The van der Waals surface area contributed by atoms with Gasteiger partial charge >= 0.3 is 0 Å². The summed E-state index contributed by atoms with van der Waals surface area (Å²) in [5, 5.41) is 9.56. The van der Waals surface area contributed by atoms with Gasteiger partial charge in [0.05, 0.1) is 22.0 Å². The molecule has 0 radical (unpaired) electrons. The van der Waals surface area contributed by atoms with E-state index in [1.807, 2.05) is 0 Å². The van der Waals surface area contributed by atoms with Crippen molar-refractivity contribution < 1.29 is 23.1 Å². The van der Waals surface area contributed by atoms with Crippen LogP contribution in [0.15, 0.2) is 18.2 Å². The number of hydrogen-bond donors (Lipinski definition) is 3. The van der Waals surface area contributed by atoms with Gasteiger partial charge in [0, 0.05) is 23.7 Å². The summed E-state index contributed by atoms with van der Waals surface area (Å²) in [7, 11) is 0. The number of amides is 2. The first kappa shape index (κ1) is 21.6. The number of ether oxygens (including phenoxy) is 1. The molecule has 2 atom stereocenters. The molecular formula is C20H23Cl2F2N3O3. The number of benzene rings is 1. The number of halogens is 4. The van der Waals surface area contributed by atoms with Gasteiger partial charge in [-0.2, -0.15) is 0 Å². The first-order chi connectivity index (χ1) is 14.2. The van der Waals surface area contributed by atoms with Crippen molar-refractivity contribution >= 4 is 35.0 Å². The third kappa shape index (κ3) is 4.36. The smallest absolute Gasteiger partial charge is 0.258 e. The number of carbonyl (C=O) groups excluding carboxylic acids is 2. The Morgan fingerprint density at radius 1 is 1.13 bits per heavy atom. The maximum absolute atomic E-state index is 12.7. The Morgan fingerprint density at radius 3 is 2.43 bits per heavy atom. The van der Waals surface area contributed by atoms with Gasteiger partial charge in [0.25, 0.3) is 12.3 Å². The molecule has 1 aromatic carbocycles. The van der Waals surface area contributed by atoms with Crippen LogP contribution in [-0.4, -0.2) is 48.5 Å². The molecule has 4 aliphatic rings. The van der Waals surface area contributed by atoms with Crippen molar-refractivity contribution in [1.82, 2.24) is 16.0 Å². The Morgan fingerprint density at radius 2 is 1.83 bits per heavy atom. The summed E-state index contributed by atoms with van der Waals surface area (Å²) in [5.74, 6) is -0.178. The van der Waals surface area contributed by atoms with E-state index >= 15 is 0 Å². The molecule has 4 fully saturated rings. The molecule has 1 aromatic rings. The molecular weight excluding hydrogens is 439 g/mol. The molecule has 3 aliphatic carbocycles. The van der Waals surface area contributed by atoms with Crippen molar-refractivity contribution in [2.75, 3.05) is 13.2 Å². The van der Waals surface area contributed by atoms with Crippen LogP contribution in [0.5, 0.6) is 5.75 Å². The molecule has 3 N–H and O–H groups in total. The van der Waals surface area contributed by atoms with Crippen LogP contribution in [0.2, 0.25) is 10.0 Å². The topological polar surface area (TPSA) is 79.5 Å². The van der Waals surface area contributed by atoms with Crippen LogP contribution in [0.3, 0.4) is 0 Å². The third-order valence-electron chi connectivity index (χ3n) is 6.21. The Labute approximate surface area is 183 Å². The number of rotatable bonds is 7. The lowest BCUT2D eigenvalue weighted by Crippen LogP contribution is -2.84. The van der Waals surface area contributed by atoms with Crippen molar-refractivity contribution in [3.8, 4) is 5.75 Å². The summed E-state index contributed by atoms with van der Waals surface area (Å²) in [6.45, 7) is 0.128. The Hall–Kier alpha value is -1.64. The van der Waals surface area contributed by atoms with E-state index in [-0.39, 0.29) is 42.0 Å². The van der Waals surface area contributed by atoms with Crippen LogP contribution < -0.4 is 20.7 Å². The summed E-state index contributed by atoms with van der Waals surface area (Å²) in [6.07, 6.45) is 0.355. The second-order valence-electron chi connectivity index (χ2n) is 8.62. The van der Waals surface area contributed by atoms with Gasteiger partial charge in [-0.3, -0.25) is 9.59 Å². The second-order valence-corrected chi connectivity index (χ2v) is 9.43. The molecule has 1 aliphatic heterocycles. The van der Waals surface area contributed by atoms with Crippen LogP contribution in [-0.2, 0) is 9.59 Å². The lowest BCUT2D eigenvalue weighted by molar-refractivity contribution is -0.152. The fraction of sp³-hybridized carbons (Fsp3) is 0.600. The highest BCUT2D eigenvalue weighted by Gasteiger charge is 2.69. The molecule has 1 heterocycles. The van der Waals surface area contributed by atoms with E-state index in [1.54, 1.807) is 18.2 Å². The maximum atomic E-state index is 12.7. The van der Waals surface area contributed by atoms with Gasteiger partial charge in [-0.15, -0.1) is 0 Å². The van der Waals surface area contributed by atoms with Gasteiger partial charge in [-0.1, -0.05) is 23.2 Å². The van der Waals surface area contributed by atoms with E-state index in [4.69, 9.17) is 27.9 Å². The first-order valence-electron chi connectivity index (χ1n) is 9.92. The molecule has 164 valence electrons. The van der Waals surface area contributed by atoms with Crippen molar-refractivity contribution in [3.05, 3.63) is 28.2 Å². The minimum Gasteiger partial charge on any atom is -0.484 e. The van der Waals surface area contributed by atoms with Crippen LogP contribution in [0.25, 0.3) is 0 Å². The average molecular weight is 462 g/mol. The van der Waals surface area contributed by atoms with Gasteiger partial charge < -0.3 is 20.7 Å². The zero-order valence-electron chi connectivity index (χ0n) is 16.2. The molecule has 1 saturated heterocycles. The average Bonchev–Trinajstić information content (AvgIpc) is 2.66. The van der Waals surface area contributed by atoms with Gasteiger partial charge in [0.2, 0.25) is 5.91 Å². The second kappa shape index (κ2) is 8.13. The Balaban J connectivity index is 1.18. The Kier molecular flexibility index (Phi) is 5.85. The zero-order chi connectivity index (χ0) is 21.5. The molecule has 2 amide bonds. The molecule has 2 unspecified atom stereocenters. The van der Waals surface area contributed by atoms with Gasteiger partial charge in [0.15, 0.2) is 6.61 Å². The summed E-state index contributed by atoms with van der Waals surface area (Å²) in [6, 6.07) is 3.96.